The molecular weight excluding hydrogens is 481 g/mol. The number of hydrogen-bond acceptors (Lipinski definition) is 5. The minimum Gasteiger partial charge on any atom is -0.492 e. The first-order chi connectivity index (χ1) is 13.7. The standard InChI is InChI=1S/C20H33N7O.HI/c1-5-21-20(23-15-19-24-16-25-26(19)4)22-14-17-10-8-9-11-18(17)28-13-12-27(6-2)7-3;/h8-11,16H,5-7,12-15H2,1-4H3,(H2,21,22,23);1H. The molecule has 0 spiro atoms. The van der Waals surface area contributed by atoms with Gasteiger partial charge in [0.15, 0.2) is 5.96 Å². The van der Waals surface area contributed by atoms with E-state index in [4.69, 9.17) is 9.73 Å². The van der Waals surface area contributed by atoms with Gasteiger partial charge in [0, 0.05) is 25.7 Å². The average molecular weight is 515 g/mol. The summed E-state index contributed by atoms with van der Waals surface area (Å²) >= 11 is 0. The summed E-state index contributed by atoms with van der Waals surface area (Å²) in [4.78, 5) is 11.3. The number of guanidine groups is 1. The monoisotopic (exact) mass is 515 g/mol. The van der Waals surface area contributed by atoms with E-state index in [0.717, 1.165) is 49.3 Å². The number of halogens is 1. The van der Waals surface area contributed by atoms with E-state index in [2.05, 4.69) is 45.5 Å². The van der Waals surface area contributed by atoms with Crippen LogP contribution in [0.2, 0.25) is 0 Å². The Morgan fingerprint density at radius 2 is 1.93 bits per heavy atom. The molecule has 2 N–H and O–H groups in total. The van der Waals surface area contributed by atoms with E-state index in [9.17, 15) is 0 Å². The van der Waals surface area contributed by atoms with Crippen LogP contribution in [0.15, 0.2) is 35.6 Å². The number of rotatable bonds is 11. The van der Waals surface area contributed by atoms with Gasteiger partial charge in [0.2, 0.25) is 0 Å². The van der Waals surface area contributed by atoms with Crippen molar-refractivity contribution in [1.29, 1.82) is 0 Å². The molecule has 0 unspecified atom stereocenters. The molecule has 0 amide bonds. The molecule has 1 aromatic carbocycles. The summed E-state index contributed by atoms with van der Waals surface area (Å²) in [5.41, 5.74) is 1.07. The highest BCUT2D eigenvalue weighted by Gasteiger charge is 2.06. The molecule has 2 aromatic rings. The predicted molar refractivity (Wildman–Crippen MR) is 128 cm³/mol. The minimum atomic E-state index is 0. The van der Waals surface area contributed by atoms with Crippen LogP contribution in [0, 0.1) is 0 Å². The molecule has 0 aliphatic heterocycles. The Balaban J connectivity index is 0.00000420. The fourth-order valence-corrected chi connectivity index (χ4v) is 2.75. The van der Waals surface area contributed by atoms with Crippen LogP contribution >= 0.6 is 24.0 Å². The van der Waals surface area contributed by atoms with Gasteiger partial charge in [-0.25, -0.2) is 9.98 Å². The highest BCUT2D eigenvalue weighted by molar-refractivity contribution is 14.0. The van der Waals surface area contributed by atoms with Crippen molar-refractivity contribution < 1.29 is 4.74 Å². The molecular formula is C20H34IN7O. The van der Waals surface area contributed by atoms with E-state index in [1.54, 1.807) is 11.0 Å². The van der Waals surface area contributed by atoms with Crippen LogP contribution in [0.3, 0.4) is 0 Å². The smallest absolute Gasteiger partial charge is 0.191 e. The summed E-state index contributed by atoms with van der Waals surface area (Å²) in [5, 5.41) is 10.6. The molecule has 0 saturated carbocycles. The maximum atomic E-state index is 6.02. The number of aliphatic imine (C=N–C) groups is 1. The number of likely N-dealkylation sites (N-methyl/N-ethyl adjacent to an activating group) is 1. The molecule has 1 aromatic heterocycles. The second-order valence-corrected chi connectivity index (χ2v) is 6.33. The lowest BCUT2D eigenvalue weighted by Gasteiger charge is -2.18. The minimum absolute atomic E-state index is 0. The molecule has 0 fully saturated rings. The average Bonchev–Trinajstić information content (AvgIpc) is 3.13. The van der Waals surface area contributed by atoms with Gasteiger partial charge in [0.25, 0.3) is 0 Å². The van der Waals surface area contributed by atoms with E-state index >= 15 is 0 Å². The Hall–Kier alpha value is -1.88. The largest absolute Gasteiger partial charge is 0.492 e. The zero-order chi connectivity index (χ0) is 20.2. The second-order valence-electron chi connectivity index (χ2n) is 6.33. The predicted octanol–water partition coefficient (Wildman–Crippen LogP) is 2.41. The SMILES string of the molecule is CCNC(=NCc1ccccc1OCCN(CC)CC)NCc1ncnn1C.I. The van der Waals surface area contributed by atoms with Gasteiger partial charge in [-0.3, -0.25) is 4.68 Å². The molecule has 2 rings (SSSR count). The summed E-state index contributed by atoms with van der Waals surface area (Å²) in [6, 6.07) is 8.08. The third-order valence-electron chi connectivity index (χ3n) is 4.50. The molecule has 0 atom stereocenters. The molecule has 8 nitrogen and oxygen atoms in total. The number of nitrogens with zero attached hydrogens (tertiary/aromatic N) is 5. The number of ether oxygens (including phenoxy) is 1. The zero-order valence-corrected chi connectivity index (χ0v) is 20.2. The van der Waals surface area contributed by atoms with Crippen molar-refractivity contribution in [3.8, 4) is 5.75 Å². The van der Waals surface area contributed by atoms with E-state index in [-0.39, 0.29) is 24.0 Å². The number of aryl methyl sites for hydroxylation is 1. The Bertz CT molecular complexity index is 731. The third kappa shape index (κ3) is 8.57. The summed E-state index contributed by atoms with van der Waals surface area (Å²) in [6.07, 6.45) is 1.55. The van der Waals surface area contributed by atoms with Crippen molar-refractivity contribution >= 4 is 29.9 Å². The Labute approximate surface area is 191 Å². The van der Waals surface area contributed by atoms with Crippen molar-refractivity contribution in [3.63, 3.8) is 0 Å². The molecule has 29 heavy (non-hydrogen) atoms. The van der Waals surface area contributed by atoms with Gasteiger partial charge in [0.05, 0.1) is 13.1 Å². The summed E-state index contributed by atoms with van der Waals surface area (Å²) in [7, 11) is 1.87. The van der Waals surface area contributed by atoms with Crippen molar-refractivity contribution in [2.45, 2.75) is 33.9 Å². The van der Waals surface area contributed by atoms with Crippen LogP contribution in [0.1, 0.15) is 32.2 Å². The first-order valence-corrected chi connectivity index (χ1v) is 9.96. The Morgan fingerprint density at radius 1 is 1.17 bits per heavy atom. The molecule has 9 heteroatoms. The van der Waals surface area contributed by atoms with Crippen LogP contribution in [-0.2, 0) is 20.1 Å². The van der Waals surface area contributed by atoms with Crippen LogP contribution < -0.4 is 15.4 Å². The number of para-hydroxylation sites is 1. The lowest BCUT2D eigenvalue weighted by atomic mass is 10.2. The molecule has 0 saturated heterocycles. The van der Waals surface area contributed by atoms with E-state index in [1.807, 2.05) is 32.2 Å². The summed E-state index contributed by atoms with van der Waals surface area (Å²) in [6.45, 7) is 11.9. The van der Waals surface area contributed by atoms with Gasteiger partial charge in [-0.2, -0.15) is 5.10 Å². The molecule has 0 radical (unpaired) electrons. The number of aromatic nitrogens is 3. The Morgan fingerprint density at radius 3 is 2.59 bits per heavy atom. The molecule has 162 valence electrons. The van der Waals surface area contributed by atoms with Crippen LogP contribution in [-0.4, -0.2) is 58.4 Å². The van der Waals surface area contributed by atoms with Gasteiger partial charge in [-0.15, -0.1) is 24.0 Å². The third-order valence-corrected chi connectivity index (χ3v) is 4.50. The lowest BCUT2D eigenvalue weighted by Crippen LogP contribution is -2.37. The molecule has 0 bridgehead atoms. The summed E-state index contributed by atoms with van der Waals surface area (Å²) < 4.78 is 7.77. The molecule has 0 aliphatic rings. The summed E-state index contributed by atoms with van der Waals surface area (Å²) in [5.74, 6) is 2.48. The van der Waals surface area contributed by atoms with Crippen molar-refractivity contribution in [2.75, 3.05) is 32.8 Å². The normalized spacial score (nSPS) is 11.3. The van der Waals surface area contributed by atoms with Crippen molar-refractivity contribution in [3.05, 3.63) is 42.0 Å². The topological polar surface area (TPSA) is 79.6 Å². The van der Waals surface area contributed by atoms with Crippen molar-refractivity contribution in [2.24, 2.45) is 12.0 Å². The maximum Gasteiger partial charge on any atom is 0.191 e. The first-order valence-electron chi connectivity index (χ1n) is 9.96. The number of hydrogen-bond donors (Lipinski definition) is 2. The molecule has 1 heterocycles. The van der Waals surface area contributed by atoms with Gasteiger partial charge in [-0.05, 0) is 26.1 Å². The van der Waals surface area contributed by atoms with Crippen LogP contribution in [0.25, 0.3) is 0 Å². The Kier molecular flexibility index (Phi) is 12.3. The van der Waals surface area contributed by atoms with Crippen LogP contribution in [0.4, 0.5) is 0 Å². The van der Waals surface area contributed by atoms with Crippen molar-refractivity contribution in [1.82, 2.24) is 30.3 Å². The fourth-order valence-electron chi connectivity index (χ4n) is 2.75. The van der Waals surface area contributed by atoms with Gasteiger partial charge in [-0.1, -0.05) is 32.0 Å². The van der Waals surface area contributed by atoms with Gasteiger partial charge in [0.1, 0.15) is 24.5 Å². The second kappa shape index (κ2) is 14.2. The van der Waals surface area contributed by atoms with E-state index in [0.29, 0.717) is 19.7 Å². The van der Waals surface area contributed by atoms with Crippen LogP contribution in [0.5, 0.6) is 5.75 Å². The number of benzene rings is 1. The van der Waals surface area contributed by atoms with Gasteiger partial charge < -0.3 is 20.3 Å². The first kappa shape index (κ1) is 25.2. The quantitative estimate of drug-likeness (QED) is 0.272. The van der Waals surface area contributed by atoms with E-state index in [1.165, 1.54) is 0 Å². The fraction of sp³-hybridized carbons (Fsp3) is 0.550. The van der Waals surface area contributed by atoms with E-state index < -0.39 is 0 Å². The number of nitrogens with one attached hydrogen (secondary N) is 2. The maximum absolute atomic E-state index is 6.02. The molecule has 0 aliphatic carbocycles. The lowest BCUT2D eigenvalue weighted by molar-refractivity contribution is 0.221. The zero-order valence-electron chi connectivity index (χ0n) is 17.9. The highest BCUT2D eigenvalue weighted by Crippen LogP contribution is 2.18. The highest BCUT2D eigenvalue weighted by atomic mass is 127. The van der Waals surface area contributed by atoms with Gasteiger partial charge >= 0.3 is 0 Å².